The van der Waals surface area contributed by atoms with Crippen LogP contribution in [0.1, 0.15) is 46.5 Å². The molecule has 0 aromatic heterocycles. The molecular formula is C13H23N. The minimum atomic E-state index is 1.11. The van der Waals surface area contributed by atoms with Crippen LogP contribution in [0.3, 0.4) is 0 Å². The Morgan fingerprint density at radius 1 is 1.07 bits per heavy atom. The van der Waals surface area contributed by atoms with E-state index in [4.69, 9.17) is 0 Å². The van der Waals surface area contributed by atoms with Gasteiger partial charge in [-0.25, -0.2) is 0 Å². The lowest BCUT2D eigenvalue weighted by atomic mass is 10.1. The second kappa shape index (κ2) is 5.90. The third-order valence-corrected chi connectivity index (χ3v) is 2.63. The summed E-state index contributed by atoms with van der Waals surface area (Å²) in [4.78, 5) is 2.47. The van der Waals surface area contributed by atoms with Crippen LogP contribution in [-0.2, 0) is 0 Å². The molecule has 1 heteroatoms. The van der Waals surface area contributed by atoms with Crippen molar-refractivity contribution < 1.29 is 0 Å². The van der Waals surface area contributed by atoms with Crippen molar-refractivity contribution in [3.8, 4) is 0 Å². The second-order valence-corrected chi connectivity index (χ2v) is 4.56. The molecule has 0 unspecified atom stereocenters. The number of hydrogen-bond donors (Lipinski definition) is 0. The Morgan fingerprint density at radius 2 is 1.71 bits per heavy atom. The zero-order valence-corrected chi connectivity index (χ0v) is 9.84. The lowest BCUT2D eigenvalue weighted by Crippen LogP contribution is -2.24. The molecule has 14 heavy (non-hydrogen) atoms. The van der Waals surface area contributed by atoms with E-state index in [1.807, 2.05) is 0 Å². The second-order valence-electron chi connectivity index (χ2n) is 4.56. The molecule has 0 aromatic rings. The van der Waals surface area contributed by atoms with Gasteiger partial charge in [-0.2, -0.15) is 0 Å². The van der Waals surface area contributed by atoms with Crippen LogP contribution in [0.25, 0.3) is 0 Å². The van der Waals surface area contributed by atoms with Gasteiger partial charge in [0.15, 0.2) is 0 Å². The first-order valence-corrected chi connectivity index (χ1v) is 5.73. The Labute approximate surface area is 88.5 Å². The van der Waals surface area contributed by atoms with Crippen LogP contribution in [0.2, 0.25) is 0 Å². The fourth-order valence-electron chi connectivity index (χ4n) is 1.78. The van der Waals surface area contributed by atoms with E-state index in [9.17, 15) is 0 Å². The van der Waals surface area contributed by atoms with Crippen LogP contribution in [0, 0.1) is 0 Å². The predicted octanol–water partition coefficient (Wildman–Crippen LogP) is 3.73. The quantitative estimate of drug-likeness (QED) is 0.617. The summed E-state index contributed by atoms with van der Waals surface area (Å²) in [6, 6.07) is 0. The number of allylic oxidation sites excluding steroid dienone is 3. The highest BCUT2D eigenvalue weighted by molar-refractivity contribution is 5.07. The van der Waals surface area contributed by atoms with Crippen molar-refractivity contribution in [2.75, 3.05) is 13.1 Å². The first kappa shape index (κ1) is 11.4. The van der Waals surface area contributed by atoms with Gasteiger partial charge < -0.3 is 4.90 Å². The van der Waals surface area contributed by atoms with Crippen molar-refractivity contribution >= 4 is 0 Å². The molecule has 1 saturated heterocycles. The molecule has 0 spiro atoms. The number of piperidine rings is 1. The molecule has 1 rings (SSSR count). The summed E-state index contributed by atoms with van der Waals surface area (Å²) >= 11 is 0. The fraction of sp³-hybridized carbons (Fsp3) is 0.692. The molecule has 1 nitrogen and oxygen atoms in total. The van der Waals surface area contributed by atoms with E-state index in [0.29, 0.717) is 0 Å². The summed E-state index contributed by atoms with van der Waals surface area (Å²) in [6.07, 6.45) is 9.91. The number of nitrogens with zero attached hydrogens (tertiary/aromatic N) is 1. The van der Waals surface area contributed by atoms with Gasteiger partial charge in [-0.05, 0) is 52.7 Å². The number of rotatable bonds is 3. The molecule has 1 fully saturated rings. The number of hydrogen-bond acceptors (Lipinski definition) is 1. The summed E-state index contributed by atoms with van der Waals surface area (Å²) in [5.41, 5.74) is 2.89. The maximum Gasteiger partial charge on any atom is 0.0172 e. The predicted molar refractivity (Wildman–Crippen MR) is 63.2 cm³/mol. The zero-order valence-electron chi connectivity index (χ0n) is 9.84. The minimum Gasteiger partial charge on any atom is -0.377 e. The SMILES string of the molecule is CC(C)=CCC(C)=CN1CCCCC1. The van der Waals surface area contributed by atoms with E-state index in [-0.39, 0.29) is 0 Å². The van der Waals surface area contributed by atoms with Crippen molar-refractivity contribution in [2.24, 2.45) is 0 Å². The largest absolute Gasteiger partial charge is 0.377 e. The van der Waals surface area contributed by atoms with Gasteiger partial charge in [0.2, 0.25) is 0 Å². The summed E-state index contributed by atoms with van der Waals surface area (Å²) in [5, 5.41) is 0. The molecule has 0 aromatic carbocycles. The van der Waals surface area contributed by atoms with Crippen LogP contribution in [0.4, 0.5) is 0 Å². The molecule has 0 bridgehead atoms. The monoisotopic (exact) mass is 193 g/mol. The van der Waals surface area contributed by atoms with Crippen molar-refractivity contribution in [1.82, 2.24) is 4.90 Å². The topological polar surface area (TPSA) is 3.24 Å². The van der Waals surface area contributed by atoms with Crippen LogP contribution in [0.5, 0.6) is 0 Å². The zero-order chi connectivity index (χ0) is 10.4. The van der Waals surface area contributed by atoms with Gasteiger partial charge in [-0.3, -0.25) is 0 Å². The Morgan fingerprint density at radius 3 is 2.29 bits per heavy atom. The first-order valence-electron chi connectivity index (χ1n) is 5.73. The van der Waals surface area contributed by atoms with Gasteiger partial charge in [0.1, 0.15) is 0 Å². The van der Waals surface area contributed by atoms with Gasteiger partial charge in [0.25, 0.3) is 0 Å². The highest BCUT2D eigenvalue weighted by atomic mass is 15.1. The van der Waals surface area contributed by atoms with Gasteiger partial charge in [-0.15, -0.1) is 0 Å². The van der Waals surface area contributed by atoms with E-state index >= 15 is 0 Å². The lowest BCUT2D eigenvalue weighted by Gasteiger charge is -2.25. The first-order chi connectivity index (χ1) is 6.68. The van der Waals surface area contributed by atoms with Crippen molar-refractivity contribution in [2.45, 2.75) is 46.5 Å². The molecule has 0 aliphatic carbocycles. The minimum absolute atomic E-state index is 1.11. The maximum atomic E-state index is 2.47. The Bertz CT molecular complexity index is 215. The summed E-state index contributed by atoms with van der Waals surface area (Å²) in [5.74, 6) is 0. The van der Waals surface area contributed by atoms with E-state index < -0.39 is 0 Å². The standard InChI is InChI=1S/C13H23N/c1-12(2)7-8-13(3)11-14-9-5-4-6-10-14/h7,11H,4-6,8-10H2,1-3H3. The average Bonchev–Trinajstić information content (AvgIpc) is 2.16. The molecule has 1 aliphatic heterocycles. The molecule has 0 amide bonds. The van der Waals surface area contributed by atoms with Crippen molar-refractivity contribution in [3.05, 3.63) is 23.4 Å². The molecule has 0 radical (unpaired) electrons. The molecular weight excluding hydrogens is 170 g/mol. The normalized spacial score (nSPS) is 18.2. The molecule has 1 aliphatic rings. The number of likely N-dealkylation sites (tertiary alicyclic amines) is 1. The molecule has 0 saturated carbocycles. The summed E-state index contributed by atoms with van der Waals surface area (Å²) in [6.45, 7) is 9.06. The molecule has 0 atom stereocenters. The smallest absolute Gasteiger partial charge is 0.0172 e. The highest BCUT2D eigenvalue weighted by Crippen LogP contribution is 2.12. The van der Waals surface area contributed by atoms with Gasteiger partial charge in [-0.1, -0.05) is 17.2 Å². The Balaban J connectivity index is 2.37. The Hall–Kier alpha value is -0.720. The van der Waals surface area contributed by atoms with Crippen molar-refractivity contribution in [3.63, 3.8) is 0 Å². The van der Waals surface area contributed by atoms with E-state index in [1.54, 1.807) is 0 Å². The van der Waals surface area contributed by atoms with Gasteiger partial charge in [0.05, 0.1) is 0 Å². The lowest BCUT2D eigenvalue weighted by molar-refractivity contribution is 0.307. The van der Waals surface area contributed by atoms with Crippen molar-refractivity contribution in [1.29, 1.82) is 0 Å². The third-order valence-electron chi connectivity index (χ3n) is 2.63. The molecule has 80 valence electrons. The summed E-state index contributed by atoms with van der Waals surface area (Å²) in [7, 11) is 0. The average molecular weight is 193 g/mol. The van der Waals surface area contributed by atoms with E-state index in [2.05, 4.69) is 37.9 Å². The van der Waals surface area contributed by atoms with E-state index in [0.717, 1.165) is 6.42 Å². The van der Waals surface area contributed by atoms with Crippen LogP contribution in [0.15, 0.2) is 23.4 Å². The molecule has 1 heterocycles. The Kier molecular flexibility index (Phi) is 4.78. The van der Waals surface area contributed by atoms with Crippen LogP contribution >= 0.6 is 0 Å². The maximum absolute atomic E-state index is 2.47. The van der Waals surface area contributed by atoms with Crippen LogP contribution < -0.4 is 0 Å². The third kappa shape index (κ3) is 4.50. The van der Waals surface area contributed by atoms with Gasteiger partial charge in [0, 0.05) is 13.1 Å². The highest BCUT2D eigenvalue weighted by Gasteiger charge is 2.05. The summed E-state index contributed by atoms with van der Waals surface area (Å²) < 4.78 is 0. The molecule has 0 N–H and O–H groups in total. The van der Waals surface area contributed by atoms with Gasteiger partial charge >= 0.3 is 0 Å². The fourth-order valence-corrected chi connectivity index (χ4v) is 1.78. The van der Waals surface area contributed by atoms with E-state index in [1.165, 1.54) is 43.5 Å². The van der Waals surface area contributed by atoms with Crippen LogP contribution in [-0.4, -0.2) is 18.0 Å².